The maximum absolute atomic E-state index is 11.7. The lowest BCUT2D eigenvalue weighted by Gasteiger charge is -2.14. The minimum absolute atomic E-state index is 0.0678. The molecule has 2 heteroatoms. The molecule has 0 aliphatic carbocycles. The standard InChI is InChI=1S/C16H24O2/c1-3-5-9-12-18-16(17)13-14(4-2)15-10-7-6-8-11-15/h6-8,10-11,14H,3-5,9,12-13H2,1-2H3. The first-order valence-corrected chi connectivity index (χ1v) is 6.98. The number of carbonyl (C=O) groups excluding carboxylic acids is 1. The Bertz CT molecular complexity index is 332. The summed E-state index contributed by atoms with van der Waals surface area (Å²) in [4.78, 5) is 11.7. The number of benzene rings is 1. The van der Waals surface area contributed by atoms with Gasteiger partial charge in [0.15, 0.2) is 0 Å². The van der Waals surface area contributed by atoms with Gasteiger partial charge >= 0.3 is 5.97 Å². The number of rotatable bonds is 8. The van der Waals surface area contributed by atoms with E-state index in [2.05, 4.69) is 26.0 Å². The second kappa shape index (κ2) is 8.73. The van der Waals surface area contributed by atoms with E-state index in [4.69, 9.17) is 4.74 Å². The van der Waals surface area contributed by atoms with E-state index < -0.39 is 0 Å². The molecule has 0 heterocycles. The summed E-state index contributed by atoms with van der Waals surface area (Å²) < 4.78 is 5.26. The van der Waals surface area contributed by atoms with E-state index in [0.717, 1.165) is 25.7 Å². The Hall–Kier alpha value is -1.31. The number of unbranched alkanes of at least 4 members (excludes halogenated alkanes) is 2. The highest BCUT2D eigenvalue weighted by Crippen LogP contribution is 2.23. The summed E-state index contributed by atoms with van der Waals surface area (Å²) in [6.07, 6.45) is 4.72. The molecule has 0 amide bonds. The van der Waals surface area contributed by atoms with Crippen LogP contribution < -0.4 is 0 Å². The predicted octanol–water partition coefficient (Wildman–Crippen LogP) is 4.30. The smallest absolute Gasteiger partial charge is 0.306 e. The van der Waals surface area contributed by atoms with Gasteiger partial charge in [0, 0.05) is 0 Å². The summed E-state index contributed by atoms with van der Waals surface area (Å²) in [5, 5.41) is 0. The van der Waals surface area contributed by atoms with Crippen LogP contribution in [-0.2, 0) is 9.53 Å². The zero-order valence-electron chi connectivity index (χ0n) is 11.5. The molecule has 0 saturated heterocycles. The van der Waals surface area contributed by atoms with Gasteiger partial charge in [-0.05, 0) is 24.3 Å². The Morgan fingerprint density at radius 1 is 1.17 bits per heavy atom. The third kappa shape index (κ3) is 5.35. The second-order valence-corrected chi connectivity index (χ2v) is 4.65. The summed E-state index contributed by atoms with van der Waals surface area (Å²) in [5.74, 6) is 0.215. The number of esters is 1. The lowest BCUT2D eigenvalue weighted by Crippen LogP contribution is -2.11. The average molecular weight is 248 g/mol. The fraction of sp³-hybridized carbons (Fsp3) is 0.562. The van der Waals surface area contributed by atoms with Crippen molar-refractivity contribution in [3.63, 3.8) is 0 Å². The van der Waals surface area contributed by atoms with Gasteiger partial charge in [-0.15, -0.1) is 0 Å². The molecule has 0 radical (unpaired) electrons. The lowest BCUT2D eigenvalue weighted by molar-refractivity contribution is -0.144. The highest BCUT2D eigenvalue weighted by molar-refractivity contribution is 5.70. The Morgan fingerprint density at radius 3 is 2.50 bits per heavy atom. The average Bonchev–Trinajstić information content (AvgIpc) is 2.42. The van der Waals surface area contributed by atoms with Gasteiger partial charge in [0.2, 0.25) is 0 Å². The fourth-order valence-corrected chi connectivity index (χ4v) is 2.02. The largest absolute Gasteiger partial charge is 0.466 e. The van der Waals surface area contributed by atoms with Crippen molar-refractivity contribution in [1.29, 1.82) is 0 Å². The monoisotopic (exact) mass is 248 g/mol. The van der Waals surface area contributed by atoms with Crippen molar-refractivity contribution in [2.24, 2.45) is 0 Å². The SMILES string of the molecule is CCCCCOC(=O)CC(CC)c1ccccc1. The van der Waals surface area contributed by atoms with Crippen LogP contribution in [-0.4, -0.2) is 12.6 Å². The van der Waals surface area contributed by atoms with Crippen LogP contribution in [0, 0.1) is 0 Å². The molecule has 1 unspecified atom stereocenters. The van der Waals surface area contributed by atoms with Gasteiger partial charge in [-0.1, -0.05) is 57.0 Å². The van der Waals surface area contributed by atoms with E-state index in [1.54, 1.807) is 0 Å². The normalized spacial score (nSPS) is 12.1. The topological polar surface area (TPSA) is 26.3 Å². The minimum Gasteiger partial charge on any atom is -0.466 e. The van der Waals surface area contributed by atoms with Crippen LogP contribution in [0.4, 0.5) is 0 Å². The number of carbonyl (C=O) groups is 1. The Kier molecular flexibility index (Phi) is 7.16. The molecule has 2 nitrogen and oxygen atoms in total. The van der Waals surface area contributed by atoms with E-state index in [9.17, 15) is 4.79 Å². The molecule has 0 N–H and O–H groups in total. The van der Waals surface area contributed by atoms with Gasteiger partial charge in [-0.2, -0.15) is 0 Å². The molecular weight excluding hydrogens is 224 g/mol. The van der Waals surface area contributed by atoms with Crippen molar-refractivity contribution < 1.29 is 9.53 Å². The van der Waals surface area contributed by atoms with Gasteiger partial charge in [-0.3, -0.25) is 4.79 Å². The van der Waals surface area contributed by atoms with Crippen LogP contribution in [0.1, 0.15) is 57.4 Å². The first-order chi connectivity index (χ1) is 8.77. The Balaban J connectivity index is 2.37. The third-order valence-electron chi connectivity index (χ3n) is 3.19. The number of hydrogen-bond donors (Lipinski definition) is 0. The molecule has 0 aliphatic heterocycles. The molecule has 0 fully saturated rings. The van der Waals surface area contributed by atoms with E-state index in [0.29, 0.717) is 13.0 Å². The molecular formula is C16H24O2. The molecule has 0 aromatic heterocycles. The number of ether oxygens (including phenoxy) is 1. The minimum atomic E-state index is -0.0678. The van der Waals surface area contributed by atoms with Gasteiger partial charge in [0.05, 0.1) is 13.0 Å². The van der Waals surface area contributed by atoms with Crippen LogP contribution >= 0.6 is 0 Å². The summed E-state index contributed by atoms with van der Waals surface area (Å²) in [6, 6.07) is 10.2. The highest BCUT2D eigenvalue weighted by Gasteiger charge is 2.14. The second-order valence-electron chi connectivity index (χ2n) is 4.65. The molecule has 1 atom stereocenters. The molecule has 18 heavy (non-hydrogen) atoms. The van der Waals surface area contributed by atoms with Crippen molar-refractivity contribution in [2.75, 3.05) is 6.61 Å². The molecule has 1 aromatic carbocycles. The molecule has 1 rings (SSSR count). The van der Waals surface area contributed by atoms with Gasteiger partial charge in [0.25, 0.3) is 0 Å². The summed E-state index contributed by atoms with van der Waals surface area (Å²) in [6.45, 7) is 4.82. The van der Waals surface area contributed by atoms with Crippen LogP contribution in [0.25, 0.3) is 0 Å². The van der Waals surface area contributed by atoms with Crippen LogP contribution in [0.3, 0.4) is 0 Å². The third-order valence-corrected chi connectivity index (χ3v) is 3.19. The summed E-state index contributed by atoms with van der Waals surface area (Å²) in [5.41, 5.74) is 1.23. The molecule has 100 valence electrons. The Morgan fingerprint density at radius 2 is 1.89 bits per heavy atom. The molecule has 0 saturated carbocycles. The summed E-state index contributed by atoms with van der Waals surface area (Å²) in [7, 11) is 0. The van der Waals surface area contributed by atoms with Crippen LogP contribution in [0.15, 0.2) is 30.3 Å². The maximum Gasteiger partial charge on any atom is 0.306 e. The first kappa shape index (κ1) is 14.7. The Labute approximate surface area is 110 Å². The maximum atomic E-state index is 11.7. The molecule has 1 aromatic rings. The van der Waals surface area contributed by atoms with Crippen LogP contribution in [0.2, 0.25) is 0 Å². The van der Waals surface area contributed by atoms with E-state index in [-0.39, 0.29) is 11.9 Å². The highest BCUT2D eigenvalue weighted by atomic mass is 16.5. The van der Waals surface area contributed by atoms with E-state index in [1.165, 1.54) is 5.56 Å². The van der Waals surface area contributed by atoms with Crippen molar-refractivity contribution >= 4 is 5.97 Å². The predicted molar refractivity (Wildman–Crippen MR) is 74.6 cm³/mol. The fourth-order valence-electron chi connectivity index (χ4n) is 2.02. The molecule has 0 spiro atoms. The first-order valence-electron chi connectivity index (χ1n) is 6.98. The quantitative estimate of drug-likeness (QED) is 0.506. The molecule has 0 aliphatic rings. The zero-order valence-corrected chi connectivity index (χ0v) is 11.5. The zero-order chi connectivity index (χ0) is 13.2. The van der Waals surface area contributed by atoms with Crippen molar-refractivity contribution in [3.8, 4) is 0 Å². The van der Waals surface area contributed by atoms with Gasteiger partial charge in [0.1, 0.15) is 0 Å². The number of hydrogen-bond acceptors (Lipinski definition) is 2. The van der Waals surface area contributed by atoms with Crippen LogP contribution in [0.5, 0.6) is 0 Å². The molecule has 0 bridgehead atoms. The van der Waals surface area contributed by atoms with Crippen molar-refractivity contribution in [2.45, 2.75) is 51.9 Å². The van der Waals surface area contributed by atoms with E-state index >= 15 is 0 Å². The van der Waals surface area contributed by atoms with Gasteiger partial charge in [-0.25, -0.2) is 0 Å². The van der Waals surface area contributed by atoms with Crippen molar-refractivity contribution in [1.82, 2.24) is 0 Å². The summed E-state index contributed by atoms with van der Waals surface area (Å²) >= 11 is 0. The van der Waals surface area contributed by atoms with E-state index in [1.807, 2.05) is 18.2 Å². The van der Waals surface area contributed by atoms with Gasteiger partial charge < -0.3 is 4.74 Å². The lowest BCUT2D eigenvalue weighted by atomic mass is 9.93. The van der Waals surface area contributed by atoms with Crippen molar-refractivity contribution in [3.05, 3.63) is 35.9 Å².